The van der Waals surface area contributed by atoms with Crippen molar-refractivity contribution in [3.05, 3.63) is 44.3 Å². The van der Waals surface area contributed by atoms with Gasteiger partial charge in [0.05, 0.1) is 11.4 Å². The van der Waals surface area contributed by atoms with Gasteiger partial charge in [0.25, 0.3) is 0 Å². The number of sulfonamides is 1. The molecule has 1 aromatic heterocycles. The molecule has 0 saturated heterocycles. The minimum Gasteiger partial charge on any atom is -0.326 e. The van der Waals surface area contributed by atoms with Gasteiger partial charge in [0, 0.05) is 22.1 Å². The quantitative estimate of drug-likeness (QED) is 0.838. The van der Waals surface area contributed by atoms with Gasteiger partial charge < -0.3 is 5.73 Å². The molecule has 108 valence electrons. The molecule has 0 aliphatic rings. The first kappa shape index (κ1) is 15.6. The number of benzene rings is 1. The molecule has 0 unspecified atom stereocenters. The first-order valence-electron chi connectivity index (χ1n) is 5.82. The van der Waals surface area contributed by atoms with E-state index in [9.17, 15) is 8.42 Å². The average molecular weight is 376 g/mol. The first-order chi connectivity index (χ1) is 9.42. The fourth-order valence-electron chi connectivity index (χ4n) is 1.61. The van der Waals surface area contributed by atoms with Gasteiger partial charge in [-0.1, -0.05) is 6.07 Å². The normalized spacial score (nSPS) is 11.8. The summed E-state index contributed by atoms with van der Waals surface area (Å²) in [4.78, 5) is 5.37. The van der Waals surface area contributed by atoms with Crippen LogP contribution >= 0.6 is 27.3 Å². The van der Waals surface area contributed by atoms with Crippen molar-refractivity contribution in [2.24, 2.45) is 5.73 Å². The molecule has 20 heavy (non-hydrogen) atoms. The van der Waals surface area contributed by atoms with Crippen LogP contribution in [0.15, 0.2) is 33.8 Å². The average Bonchev–Trinajstić information content (AvgIpc) is 2.82. The van der Waals surface area contributed by atoms with Crippen LogP contribution in [0.2, 0.25) is 0 Å². The van der Waals surface area contributed by atoms with E-state index in [0.29, 0.717) is 11.0 Å². The van der Waals surface area contributed by atoms with Crippen molar-refractivity contribution in [2.75, 3.05) is 0 Å². The smallest absolute Gasteiger partial charge is 0.242 e. The van der Waals surface area contributed by atoms with Gasteiger partial charge in [-0.15, -0.1) is 11.3 Å². The molecule has 3 N–H and O–H groups in total. The zero-order chi connectivity index (χ0) is 14.8. The summed E-state index contributed by atoms with van der Waals surface area (Å²) >= 11 is 4.73. The largest absolute Gasteiger partial charge is 0.326 e. The van der Waals surface area contributed by atoms with E-state index in [0.717, 1.165) is 15.4 Å². The summed E-state index contributed by atoms with van der Waals surface area (Å²) in [6.07, 6.45) is 1.72. The minimum atomic E-state index is -3.58. The fraction of sp³-hybridized carbons (Fsp3) is 0.250. The van der Waals surface area contributed by atoms with Gasteiger partial charge in [-0.3, -0.25) is 0 Å². The molecule has 0 bridgehead atoms. The number of hydrogen-bond donors (Lipinski definition) is 2. The van der Waals surface area contributed by atoms with Crippen molar-refractivity contribution < 1.29 is 8.42 Å². The molecule has 5 nitrogen and oxygen atoms in total. The van der Waals surface area contributed by atoms with Crippen LogP contribution in [0.5, 0.6) is 0 Å². The highest BCUT2D eigenvalue weighted by molar-refractivity contribution is 9.10. The molecule has 1 aromatic carbocycles. The minimum absolute atomic E-state index is 0.186. The van der Waals surface area contributed by atoms with Crippen molar-refractivity contribution >= 4 is 37.3 Å². The van der Waals surface area contributed by atoms with Crippen molar-refractivity contribution in [1.29, 1.82) is 0 Å². The maximum absolute atomic E-state index is 12.2. The van der Waals surface area contributed by atoms with E-state index >= 15 is 0 Å². The number of thiazole rings is 1. The Labute approximate surface area is 130 Å². The standard InChI is InChI=1S/C12H14BrN3O2S2/c1-8-6-15-12(19-8)7-16-20(17,18)11-3-2-9(5-14)4-10(11)13/h2-4,6,16H,5,7,14H2,1H3. The molecule has 0 atom stereocenters. The molecule has 0 radical (unpaired) electrons. The highest BCUT2D eigenvalue weighted by Crippen LogP contribution is 2.23. The maximum atomic E-state index is 12.2. The Balaban J connectivity index is 2.18. The summed E-state index contributed by atoms with van der Waals surface area (Å²) in [5, 5.41) is 0.737. The molecule has 1 heterocycles. The second-order valence-corrected chi connectivity index (χ2v) is 8.07. The van der Waals surface area contributed by atoms with Gasteiger partial charge in [-0.05, 0) is 40.5 Å². The van der Waals surface area contributed by atoms with E-state index in [4.69, 9.17) is 5.73 Å². The summed E-state index contributed by atoms with van der Waals surface area (Å²) in [7, 11) is -3.58. The second-order valence-electron chi connectivity index (χ2n) is 4.16. The Morgan fingerprint density at radius 1 is 1.45 bits per heavy atom. The lowest BCUT2D eigenvalue weighted by atomic mass is 10.2. The SMILES string of the molecule is Cc1cnc(CNS(=O)(=O)c2ccc(CN)cc2Br)s1. The Bertz CT molecular complexity index is 713. The number of nitrogens with one attached hydrogen (secondary N) is 1. The van der Waals surface area contributed by atoms with Gasteiger partial charge >= 0.3 is 0 Å². The van der Waals surface area contributed by atoms with Crippen LogP contribution in [0.25, 0.3) is 0 Å². The lowest BCUT2D eigenvalue weighted by Crippen LogP contribution is -2.23. The molecule has 2 aromatic rings. The van der Waals surface area contributed by atoms with E-state index in [1.54, 1.807) is 24.4 Å². The Hall–Kier alpha value is -0.800. The van der Waals surface area contributed by atoms with Crippen molar-refractivity contribution in [1.82, 2.24) is 9.71 Å². The molecule has 2 rings (SSSR count). The Morgan fingerprint density at radius 2 is 2.20 bits per heavy atom. The summed E-state index contributed by atoms with van der Waals surface area (Å²) in [6.45, 7) is 2.48. The molecule has 0 aliphatic carbocycles. The number of nitrogens with two attached hydrogens (primary N) is 1. The number of halogens is 1. The van der Waals surface area contributed by atoms with Gasteiger partial charge in [-0.25, -0.2) is 18.1 Å². The molecule has 0 fully saturated rings. The van der Waals surface area contributed by atoms with Gasteiger partial charge in [0.1, 0.15) is 5.01 Å². The third-order valence-electron chi connectivity index (χ3n) is 2.60. The van der Waals surface area contributed by atoms with E-state index in [2.05, 4.69) is 25.6 Å². The molecular weight excluding hydrogens is 362 g/mol. The van der Waals surface area contributed by atoms with Crippen LogP contribution < -0.4 is 10.5 Å². The van der Waals surface area contributed by atoms with Crippen molar-refractivity contribution in [3.63, 3.8) is 0 Å². The number of hydrogen-bond acceptors (Lipinski definition) is 5. The number of aromatic nitrogens is 1. The fourth-order valence-corrected chi connectivity index (χ4v) is 4.54. The van der Waals surface area contributed by atoms with E-state index in [1.807, 2.05) is 6.92 Å². The Morgan fingerprint density at radius 3 is 2.75 bits per heavy atom. The highest BCUT2D eigenvalue weighted by Gasteiger charge is 2.18. The second kappa shape index (κ2) is 6.31. The van der Waals surface area contributed by atoms with E-state index in [-0.39, 0.29) is 11.4 Å². The molecule has 0 aliphatic heterocycles. The van der Waals surface area contributed by atoms with Crippen LogP contribution in [0.4, 0.5) is 0 Å². The van der Waals surface area contributed by atoms with Crippen LogP contribution in [-0.2, 0) is 23.1 Å². The predicted molar refractivity (Wildman–Crippen MR) is 82.9 cm³/mol. The zero-order valence-corrected chi connectivity index (χ0v) is 14.0. The molecule has 8 heteroatoms. The number of rotatable bonds is 5. The molecule has 0 saturated carbocycles. The highest BCUT2D eigenvalue weighted by atomic mass is 79.9. The third kappa shape index (κ3) is 3.64. The molecule has 0 spiro atoms. The third-order valence-corrected chi connectivity index (χ3v) is 5.89. The lowest BCUT2D eigenvalue weighted by Gasteiger charge is -2.08. The van der Waals surface area contributed by atoms with Crippen LogP contribution in [-0.4, -0.2) is 13.4 Å². The molecule has 0 amide bonds. The van der Waals surface area contributed by atoms with Gasteiger partial charge in [0.15, 0.2) is 0 Å². The van der Waals surface area contributed by atoms with Crippen LogP contribution in [0.1, 0.15) is 15.4 Å². The van der Waals surface area contributed by atoms with Crippen molar-refractivity contribution in [2.45, 2.75) is 24.9 Å². The lowest BCUT2D eigenvalue weighted by molar-refractivity contribution is 0.580. The number of aryl methyl sites for hydroxylation is 1. The van der Waals surface area contributed by atoms with Crippen LogP contribution in [0, 0.1) is 6.92 Å². The van der Waals surface area contributed by atoms with Crippen LogP contribution in [0.3, 0.4) is 0 Å². The summed E-state index contributed by atoms with van der Waals surface area (Å²) in [5.74, 6) is 0. The predicted octanol–water partition coefficient (Wildman–Crippen LogP) is 2.15. The zero-order valence-electron chi connectivity index (χ0n) is 10.8. The summed E-state index contributed by atoms with van der Waals surface area (Å²) < 4.78 is 27.5. The van der Waals surface area contributed by atoms with Gasteiger partial charge in [-0.2, -0.15) is 0 Å². The topological polar surface area (TPSA) is 85.1 Å². The van der Waals surface area contributed by atoms with Crippen molar-refractivity contribution in [3.8, 4) is 0 Å². The van der Waals surface area contributed by atoms with E-state index in [1.165, 1.54) is 11.3 Å². The summed E-state index contributed by atoms with van der Waals surface area (Å²) in [6, 6.07) is 4.96. The number of nitrogens with zero attached hydrogens (tertiary/aromatic N) is 1. The van der Waals surface area contributed by atoms with E-state index < -0.39 is 10.0 Å². The Kier molecular flexibility index (Phi) is 4.92. The first-order valence-corrected chi connectivity index (χ1v) is 8.91. The maximum Gasteiger partial charge on any atom is 0.242 e. The summed E-state index contributed by atoms with van der Waals surface area (Å²) in [5.41, 5.74) is 6.39. The monoisotopic (exact) mass is 375 g/mol. The van der Waals surface area contributed by atoms with Gasteiger partial charge in [0.2, 0.25) is 10.0 Å². The molecular formula is C12H14BrN3O2S2.